The summed E-state index contributed by atoms with van der Waals surface area (Å²) in [6.07, 6.45) is 0. The smallest absolute Gasteiger partial charge is 0.230 e. The highest BCUT2D eigenvalue weighted by atomic mass is 16.5. The number of aromatic nitrogens is 4. The molecule has 0 spiro atoms. The maximum atomic E-state index is 5.61. The quantitative estimate of drug-likeness (QED) is 0.344. The Morgan fingerprint density at radius 2 is 1.56 bits per heavy atom. The minimum Gasteiger partial charge on any atom is -0.494 e. The third-order valence-corrected chi connectivity index (χ3v) is 5.21. The third-order valence-electron chi connectivity index (χ3n) is 5.21. The van der Waals surface area contributed by atoms with Gasteiger partial charge in [-0.2, -0.15) is 0 Å². The lowest BCUT2D eigenvalue weighted by Crippen LogP contribution is -2.01. The molecule has 0 saturated heterocycles. The Morgan fingerprint density at radius 1 is 0.844 bits per heavy atom. The van der Waals surface area contributed by atoms with Gasteiger partial charge in [0, 0.05) is 16.5 Å². The molecule has 0 radical (unpaired) electrons. The largest absolute Gasteiger partial charge is 0.494 e. The predicted molar refractivity (Wildman–Crippen MR) is 128 cm³/mol. The lowest BCUT2D eigenvalue weighted by molar-refractivity contribution is 0.340. The predicted octanol–water partition coefficient (Wildman–Crippen LogP) is 6.14. The van der Waals surface area contributed by atoms with Gasteiger partial charge in [-0.15, -0.1) is 0 Å². The third kappa shape index (κ3) is 3.90. The molecule has 3 aromatic carbocycles. The lowest BCUT2D eigenvalue weighted by atomic mass is 10.1. The first-order valence-electron chi connectivity index (χ1n) is 10.6. The lowest BCUT2D eigenvalue weighted by Gasteiger charge is -2.08. The van der Waals surface area contributed by atoms with Crippen LogP contribution >= 0.6 is 0 Å². The van der Waals surface area contributed by atoms with E-state index < -0.39 is 0 Å². The molecule has 158 valence electrons. The fourth-order valence-corrected chi connectivity index (χ4v) is 3.73. The standard InChI is InChI=1S/C26H23N5O/c1-3-32-20-14-15-22-21(16-20)17(2)27-25(28-22)31-26-29-23(18-10-6-4-7-11-18)24(30-26)19-12-8-5-9-13-19/h4-16H,3H2,1-2H3,(H2,27,28,29,30,31). The summed E-state index contributed by atoms with van der Waals surface area (Å²) in [6, 6.07) is 26.2. The fraction of sp³-hybridized carbons (Fsp3) is 0.115. The van der Waals surface area contributed by atoms with Crippen molar-refractivity contribution in [1.29, 1.82) is 0 Å². The van der Waals surface area contributed by atoms with Crippen molar-refractivity contribution < 1.29 is 4.74 Å². The summed E-state index contributed by atoms with van der Waals surface area (Å²) in [5.74, 6) is 1.90. The second kappa shape index (κ2) is 8.51. The SMILES string of the molecule is CCOc1ccc2nc(Nc3nc(-c4ccccc4)c(-c4ccccc4)[nH]3)nc(C)c2c1. The average Bonchev–Trinajstić information content (AvgIpc) is 3.25. The number of fused-ring (bicyclic) bond motifs is 1. The van der Waals surface area contributed by atoms with Gasteiger partial charge >= 0.3 is 0 Å². The molecule has 0 unspecified atom stereocenters. The van der Waals surface area contributed by atoms with E-state index >= 15 is 0 Å². The Balaban J connectivity index is 1.54. The van der Waals surface area contributed by atoms with Gasteiger partial charge < -0.3 is 9.72 Å². The zero-order valence-electron chi connectivity index (χ0n) is 18.0. The number of ether oxygens (including phenoxy) is 1. The Bertz CT molecular complexity index is 1310. The van der Waals surface area contributed by atoms with Crippen molar-refractivity contribution in [2.75, 3.05) is 11.9 Å². The molecule has 2 aromatic heterocycles. The molecule has 0 atom stereocenters. The Kier molecular flexibility index (Phi) is 5.25. The topological polar surface area (TPSA) is 75.7 Å². The molecular formula is C26H23N5O. The monoisotopic (exact) mass is 421 g/mol. The van der Waals surface area contributed by atoms with Gasteiger partial charge in [0.2, 0.25) is 11.9 Å². The van der Waals surface area contributed by atoms with Crippen LogP contribution in [0.3, 0.4) is 0 Å². The van der Waals surface area contributed by atoms with Gasteiger partial charge in [0.15, 0.2) is 0 Å². The van der Waals surface area contributed by atoms with Crippen molar-refractivity contribution in [3.8, 4) is 28.3 Å². The van der Waals surface area contributed by atoms with Gasteiger partial charge in [-0.3, -0.25) is 5.32 Å². The Hall–Kier alpha value is -4.19. The number of nitrogens with one attached hydrogen (secondary N) is 2. The Morgan fingerprint density at radius 3 is 2.28 bits per heavy atom. The van der Waals surface area contributed by atoms with E-state index in [2.05, 4.69) is 44.5 Å². The molecule has 2 heterocycles. The molecular weight excluding hydrogens is 398 g/mol. The van der Waals surface area contributed by atoms with Gasteiger partial charge in [-0.25, -0.2) is 15.0 Å². The highest BCUT2D eigenvalue weighted by Gasteiger charge is 2.15. The molecule has 6 heteroatoms. The van der Waals surface area contributed by atoms with Crippen molar-refractivity contribution in [3.05, 3.63) is 84.6 Å². The van der Waals surface area contributed by atoms with Crippen LogP contribution in [0.4, 0.5) is 11.9 Å². The maximum Gasteiger partial charge on any atom is 0.230 e. The van der Waals surface area contributed by atoms with Gasteiger partial charge in [0.25, 0.3) is 0 Å². The normalized spacial score (nSPS) is 10.9. The molecule has 0 bridgehead atoms. The van der Waals surface area contributed by atoms with Gasteiger partial charge in [-0.1, -0.05) is 60.7 Å². The van der Waals surface area contributed by atoms with E-state index in [4.69, 9.17) is 9.72 Å². The molecule has 5 rings (SSSR count). The van der Waals surface area contributed by atoms with E-state index in [0.29, 0.717) is 18.5 Å². The Labute approximate surface area is 186 Å². The van der Waals surface area contributed by atoms with Gasteiger partial charge in [0.1, 0.15) is 5.75 Å². The number of imidazole rings is 1. The maximum absolute atomic E-state index is 5.61. The first kappa shape index (κ1) is 19.8. The van der Waals surface area contributed by atoms with Crippen molar-refractivity contribution in [2.45, 2.75) is 13.8 Å². The summed E-state index contributed by atoms with van der Waals surface area (Å²) in [5.41, 5.74) is 5.63. The summed E-state index contributed by atoms with van der Waals surface area (Å²) in [5, 5.41) is 4.23. The van der Waals surface area contributed by atoms with Crippen LogP contribution in [0.2, 0.25) is 0 Å². The average molecular weight is 422 g/mol. The molecule has 5 aromatic rings. The van der Waals surface area contributed by atoms with E-state index in [0.717, 1.165) is 44.9 Å². The van der Waals surface area contributed by atoms with Crippen LogP contribution in [0.1, 0.15) is 12.6 Å². The van der Waals surface area contributed by atoms with E-state index in [9.17, 15) is 0 Å². The minimum atomic E-state index is 0.493. The van der Waals surface area contributed by atoms with Crippen LogP contribution in [0.15, 0.2) is 78.9 Å². The summed E-state index contributed by atoms with van der Waals surface area (Å²) in [6.45, 7) is 4.56. The number of benzene rings is 3. The number of aromatic amines is 1. The van der Waals surface area contributed by atoms with Crippen LogP contribution in [-0.2, 0) is 0 Å². The van der Waals surface area contributed by atoms with E-state index in [-0.39, 0.29) is 0 Å². The number of rotatable bonds is 6. The molecule has 0 saturated carbocycles. The summed E-state index contributed by atoms with van der Waals surface area (Å²) < 4.78 is 5.61. The number of H-pyrrole nitrogens is 1. The molecule has 0 aliphatic rings. The number of aryl methyl sites for hydroxylation is 1. The minimum absolute atomic E-state index is 0.493. The van der Waals surface area contributed by atoms with Crippen molar-refractivity contribution in [1.82, 2.24) is 19.9 Å². The molecule has 2 N–H and O–H groups in total. The summed E-state index contributed by atoms with van der Waals surface area (Å²) in [4.78, 5) is 17.6. The first-order chi connectivity index (χ1) is 15.7. The molecule has 0 aliphatic heterocycles. The molecule has 0 amide bonds. The highest BCUT2D eigenvalue weighted by Crippen LogP contribution is 2.32. The second-order valence-electron chi connectivity index (χ2n) is 7.41. The van der Waals surface area contributed by atoms with Crippen molar-refractivity contribution in [3.63, 3.8) is 0 Å². The summed E-state index contributed by atoms with van der Waals surface area (Å²) in [7, 11) is 0. The summed E-state index contributed by atoms with van der Waals surface area (Å²) >= 11 is 0. The molecule has 0 aliphatic carbocycles. The first-order valence-corrected chi connectivity index (χ1v) is 10.6. The molecule has 32 heavy (non-hydrogen) atoms. The van der Waals surface area contributed by atoms with E-state index in [1.165, 1.54) is 0 Å². The van der Waals surface area contributed by atoms with E-state index in [1.54, 1.807) is 0 Å². The molecule has 0 fully saturated rings. The van der Waals surface area contributed by atoms with Crippen LogP contribution < -0.4 is 10.1 Å². The van der Waals surface area contributed by atoms with Gasteiger partial charge in [-0.05, 0) is 32.0 Å². The zero-order valence-corrected chi connectivity index (χ0v) is 18.0. The van der Waals surface area contributed by atoms with Crippen LogP contribution in [0, 0.1) is 6.92 Å². The molecule has 6 nitrogen and oxygen atoms in total. The van der Waals surface area contributed by atoms with E-state index in [1.807, 2.05) is 68.4 Å². The van der Waals surface area contributed by atoms with Crippen molar-refractivity contribution >= 4 is 22.8 Å². The second-order valence-corrected chi connectivity index (χ2v) is 7.41. The number of anilines is 2. The zero-order chi connectivity index (χ0) is 21.9. The van der Waals surface area contributed by atoms with Crippen LogP contribution in [0.5, 0.6) is 5.75 Å². The van der Waals surface area contributed by atoms with Gasteiger partial charge in [0.05, 0.1) is 29.2 Å². The van der Waals surface area contributed by atoms with Crippen molar-refractivity contribution in [2.24, 2.45) is 0 Å². The van der Waals surface area contributed by atoms with Crippen LogP contribution in [-0.4, -0.2) is 26.5 Å². The van der Waals surface area contributed by atoms with Crippen LogP contribution in [0.25, 0.3) is 33.4 Å². The highest BCUT2D eigenvalue weighted by molar-refractivity contribution is 5.84. The fourth-order valence-electron chi connectivity index (χ4n) is 3.73. The number of hydrogen-bond acceptors (Lipinski definition) is 5. The number of hydrogen-bond donors (Lipinski definition) is 2. The number of nitrogens with zero attached hydrogens (tertiary/aromatic N) is 3.